The molecular weight excluding hydrogens is 501 g/mol. The molecule has 0 radical (unpaired) electrons. The van der Waals surface area contributed by atoms with Crippen LogP contribution in [0.4, 0.5) is 0 Å². The van der Waals surface area contributed by atoms with Crippen LogP contribution >= 0.6 is 24.0 Å². The molecule has 0 saturated carbocycles. The van der Waals surface area contributed by atoms with Crippen LogP contribution < -0.4 is 10.6 Å². The molecule has 0 bridgehead atoms. The smallest absolute Gasteiger partial charge is 0.253 e. The number of nitrogens with one attached hydrogen (secondary N) is 2. The van der Waals surface area contributed by atoms with E-state index < -0.39 is 0 Å². The lowest BCUT2D eigenvalue weighted by atomic mass is 10.1. The average Bonchev–Trinajstić information content (AvgIpc) is 3.10. The van der Waals surface area contributed by atoms with E-state index in [4.69, 9.17) is 0 Å². The topological polar surface area (TPSA) is 60.0 Å². The molecule has 2 aromatic rings. The third kappa shape index (κ3) is 7.21. The second-order valence-corrected chi connectivity index (χ2v) is 8.16. The Morgan fingerprint density at radius 1 is 1.10 bits per heavy atom. The number of carbonyl (C=O) groups is 1. The molecule has 0 spiro atoms. The van der Waals surface area contributed by atoms with E-state index in [1.165, 1.54) is 5.56 Å². The number of amides is 1. The van der Waals surface area contributed by atoms with E-state index in [1.807, 2.05) is 24.3 Å². The van der Waals surface area contributed by atoms with Gasteiger partial charge in [-0.15, -0.1) is 24.0 Å². The minimum absolute atomic E-state index is 0. The molecule has 1 heterocycles. The first-order valence-corrected chi connectivity index (χ1v) is 10.5. The molecule has 31 heavy (non-hydrogen) atoms. The number of benzene rings is 2. The summed E-state index contributed by atoms with van der Waals surface area (Å²) in [5.74, 6) is 0.824. The van der Waals surface area contributed by atoms with Gasteiger partial charge in [0.25, 0.3) is 5.91 Å². The number of rotatable bonds is 6. The van der Waals surface area contributed by atoms with Gasteiger partial charge in [0.05, 0.1) is 0 Å². The first-order chi connectivity index (χ1) is 14.5. The van der Waals surface area contributed by atoms with Crippen molar-refractivity contribution < 1.29 is 4.79 Å². The van der Waals surface area contributed by atoms with Crippen molar-refractivity contribution in [2.45, 2.75) is 38.5 Å². The molecule has 1 saturated heterocycles. The molecule has 2 atom stereocenters. The predicted molar refractivity (Wildman–Crippen MR) is 138 cm³/mol. The fourth-order valence-corrected chi connectivity index (χ4v) is 3.84. The van der Waals surface area contributed by atoms with Gasteiger partial charge in [-0.05, 0) is 36.6 Å². The number of hydrogen-bond donors (Lipinski definition) is 2. The number of likely N-dealkylation sites (tertiary alicyclic amines) is 1. The van der Waals surface area contributed by atoms with Gasteiger partial charge in [0.15, 0.2) is 5.96 Å². The molecular formula is C24H34IN5O. The van der Waals surface area contributed by atoms with Gasteiger partial charge in [-0.2, -0.15) is 0 Å². The molecule has 0 aromatic heterocycles. The summed E-state index contributed by atoms with van der Waals surface area (Å²) in [6.45, 7) is 4.92. The maximum atomic E-state index is 12.0. The molecule has 0 aliphatic carbocycles. The Hall–Kier alpha value is -2.13. The first-order valence-electron chi connectivity index (χ1n) is 10.5. The van der Waals surface area contributed by atoms with Gasteiger partial charge in [0, 0.05) is 58.4 Å². The molecule has 6 nitrogen and oxygen atoms in total. The third-order valence-electron chi connectivity index (χ3n) is 5.56. The van der Waals surface area contributed by atoms with Crippen LogP contribution in [0.2, 0.25) is 0 Å². The lowest BCUT2D eigenvalue weighted by molar-refractivity contribution is 0.0827. The molecule has 2 N–H and O–H groups in total. The molecule has 168 valence electrons. The van der Waals surface area contributed by atoms with Gasteiger partial charge in [0.1, 0.15) is 0 Å². The highest BCUT2D eigenvalue weighted by Gasteiger charge is 2.29. The Morgan fingerprint density at radius 3 is 2.39 bits per heavy atom. The molecule has 1 aliphatic heterocycles. The summed E-state index contributed by atoms with van der Waals surface area (Å²) < 4.78 is 0. The van der Waals surface area contributed by atoms with Crippen LogP contribution in [0.3, 0.4) is 0 Å². The number of halogens is 1. The molecule has 2 aromatic carbocycles. The van der Waals surface area contributed by atoms with Crippen molar-refractivity contribution in [2.24, 2.45) is 4.99 Å². The zero-order valence-corrected chi connectivity index (χ0v) is 21.2. The van der Waals surface area contributed by atoms with Crippen molar-refractivity contribution >= 4 is 35.8 Å². The van der Waals surface area contributed by atoms with Crippen LogP contribution in [0.5, 0.6) is 0 Å². The second kappa shape index (κ2) is 12.0. The number of guanidine groups is 1. The number of carbonyl (C=O) groups excluding carboxylic acids is 1. The van der Waals surface area contributed by atoms with Crippen LogP contribution in [-0.4, -0.2) is 61.4 Å². The molecule has 3 rings (SSSR count). The Morgan fingerprint density at radius 2 is 1.77 bits per heavy atom. The SMILES string of the molecule is CN=C(NCc1ccc(C(=O)N(C)C)cc1)NC1CC(C)N(Cc2ccccc2)C1.I. The Balaban J connectivity index is 0.00000341. The van der Waals surface area contributed by atoms with Crippen molar-refractivity contribution in [3.63, 3.8) is 0 Å². The Labute approximate surface area is 203 Å². The van der Waals surface area contributed by atoms with Crippen LogP contribution in [0.15, 0.2) is 59.6 Å². The average molecular weight is 535 g/mol. The van der Waals surface area contributed by atoms with Gasteiger partial charge >= 0.3 is 0 Å². The number of aliphatic imine (C=N–C) groups is 1. The Bertz CT molecular complexity index is 854. The second-order valence-electron chi connectivity index (χ2n) is 8.16. The highest BCUT2D eigenvalue weighted by Crippen LogP contribution is 2.20. The van der Waals surface area contributed by atoms with Crippen LogP contribution in [0, 0.1) is 0 Å². The highest BCUT2D eigenvalue weighted by molar-refractivity contribution is 14.0. The maximum absolute atomic E-state index is 12.0. The van der Waals surface area contributed by atoms with Gasteiger partial charge in [0.2, 0.25) is 0 Å². The lowest BCUT2D eigenvalue weighted by Gasteiger charge is -2.21. The van der Waals surface area contributed by atoms with Crippen molar-refractivity contribution in [3.8, 4) is 0 Å². The largest absolute Gasteiger partial charge is 0.352 e. The van der Waals surface area contributed by atoms with E-state index in [0.29, 0.717) is 24.2 Å². The molecule has 7 heteroatoms. The summed E-state index contributed by atoms with van der Waals surface area (Å²) in [5.41, 5.74) is 3.16. The van der Waals surface area contributed by atoms with Gasteiger partial charge in [-0.25, -0.2) is 0 Å². The monoisotopic (exact) mass is 535 g/mol. The Kier molecular flexibility index (Phi) is 9.77. The summed E-state index contributed by atoms with van der Waals surface area (Å²) in [4.78, 5) is 20.5. The minimum atomic E-state index is 0. The van der Waals surface area contributed by atoms with E-state index >= 15 is 0 Å². The lowest BCUT2D eigenvalue weighted by Crippen LogP contribution is -2.44. The van der Waals surface area contributed by atoms with Crippen LogP contribution in [-0.2, 0) is 13.1 Å². The van der Waals surface area contributed by atoms with Crippen LogP contribution in [0.25, 0.3) is 0 Å². The maximum Gasteiger partial charge on any atom is 0.253 e. The fraction of sp³-hybridized carbons (Fsp3) is 0.417. The van der Waals surface area contributed by atoms with Gasteiger partial charge in [-0.1, -0.05) is 42.5 Å². The van der Waals surface area contributed by atoms with Crippen molar-refractivity contribution in [1.82, 2.24) is 20.4 Å². The van der Waals surface area contributed by atoms with Crippen molar-refractivity contribution in [3.05, 3.63) is 71.3 Å². The quantitative estimate of drug-likeness (QED) is 0.339. The van der Waals surface area contributed by atoms with Gasteiger partial charge in [-0.3, -0.25) is 14.7 Å². The van der Waals surface area contributed by atoms with E-state index in [9.17, 15) is 4.79 Å². The normalized spacial score (nSPS) is 18.9. The summed E-state index contributed by atoms with van der Waals surface area (Å²) >= 11 is 0. The number of nitrogens with zero attached hydrogens (tertiary/aromatic N) is 3. The summed E-state index contributed by atoms with van der Waals surface area (Å²) in [6, 6.07) is 19.2. The van der Waals surface area contributed by atoms with Gasteiger partial charge < -0.3 is 15.5 Å². The summed E-state index contributed by atoms with van der Waals surface area (Å²) in [6.07, 6.45) is 1.09. The van der Waals surface area contributed by atoms with E-state index in [-0.39, 0.29) is 29.9 Å². The zero-order valence-electron chi connectivity index (χ0n) is 18.8. The summed E-state index contributed by atoms with van der Waals surface area (Å²) in [7, 11) is 5.32. The minimum Gasteiger partial charge on any atom is -0.352 e. The summed E-state index contributed by atoms with van der Waals surface area (Å²) in [5, 5.41) is 6.95. The van der Waals surface area contributed by atoms with E-state index in [2.05, 4.69) is 57.8 Å². The van der Waals surface area contributed by atoms with Crippen molar-refractivity contribution in [2.75, 3.05) is 27.7 Å². The van der Waals surface area contributed by atoms with Crippen LogP contribution in [0.1, 0.15) is 34.8 Å². The van der Waals surface area contributed by atoms with E-state index in [0.717, 1.165) is 31.0 Å². The number of hydrogen-bond acceptors (Lipinski definition) is 3. The fourth-order valence-electron chi connectivity index (χ4n) is 3.84. The molecule has 1 amide bonds. The zero-order chi connectivity index (χ0) is 21.5. The standard InChI is InChI=1S/C24H33N5O.HI/c1-18-14-22(17-29(18)16-20-8-6-5-7-9-20)27-24(25-2)26-15-19-10-12-21(13-11-19)23(30)28(3)4;/h5-13,18,22H,14-17H2,1-4H3,(H2,25,26,27);1H. The van der Waals surface area contributed by atoms with Crippen molar-refractivity contribution in [1.29, 1.82) is 0 Å². The highest BCUT2D eigenvalue weighted by atomic mass is 127. The molecule has 1 fully saturated rings. The van der Waals surface area contributed by atoms with E-state index in [1.54, 1.807) is 26.0 Å². The predicted octanol–water partition coefficient (Wildman–Crippen LogP) is 3.33. The third-order valence-corrected chi connectivity index (χ3v) is 5.56. The first kappa shape index (κ1) is 25.1. The molecule has 2 unspecified atom stereocenters. The molecule has 1 aliphatic rings.